The Bertz CT molecular complexity index is 1070. The van der Waals surface area contributed by atoms with Gasteiger partial charge in [-0.3, -0.25) is 4.68 Å². The van der Waals surface area contributed by atoms with Crippen LogP contribution >= 0.6 is 0 Å². The molecule has 1 aliphatic heterocycles. The quantitative estimate of drug-likeness (QED) is 0.572. The standard InChI is InChI=1S/C22H24N6O.C3H6/c1-15(17-5-3-16(8-23)4-6-17)9-24-12-20-13-25-21-7-18(10-26-22(21)29-20)19-11-27-28(2)14-19;1-3-2/h3-7,10-11,14-15,20,24-25H,9,12-13H2,1-2H3;3H,1H2,2H3. The van der Waals surface area contributed by atoms with Crippen LogP contribution in [-0.4, -0.2) is 40.5 Å². The Hall–Kier alpha value is -3.63. The molecule has 0 amide bonds. The summed E-state index contributed by atoms with van der Waals surface area (Å²) >= 11 is 0. The fraction of sp³-hybridized carbons (Fsp3) is 0.320. The Balaban J connectivity index is 0.000000913. The Kier molecular flexibility index (Phi) is 8.01. The van der Waals surface area contributed by atoms with E-state index in [1.54, 1.807) is 10.8 Å². The highest BCUT2D eigenvalue weighted by Gasteiger charge is 2.21. The van der Waals surface area contributed by atoms with Crippen LogP contribution in [-0.2, 0) is 7.05 Å². The number of allylic oxidation sites excluding steroid dienone is 1. The third-order valence-electron chi connectivity index (χ3n) is 5.12. The van der Waals surface area contributed by atoms with Gasteiger partial charge in [0.25, 0.3) is 0 Å². The van der Waals surface area contributed by atoms with Crippen LogP contribution < -0.4 is 15.4 Å². The summed E-state index contributed by atoms with van der Waals surface area (Å²) in [6.07, 6.45) is 7.39. The summed E-state index contributed by atoms with van der Waals surface area (Å²) in [5.41, 5.74) is 4.86. The molecular weight excluding hydrogens is 400 g/mol. The molecule has 166 valence electrons. The maximum absolute atomic E-state index is 8.91. The van der Waals surface area contributed by atoms with Gasteiger partial charge in [0, 0.05) is 43.7 Å². The molecule has 7 heteroatoms. The van der Waals surface area contributed by atoms with Crippen LogP contribution in [0.1, 0.15) is 30.9 Å². The van der Waals surface area contributed by atoms with Gasteiger partial charge in [-0.1, -0.05) is 25.1 Å². The number of nitrogens with one attached hydrogen (secondary N) is 2. The van der Waals surface area contributed by atoms with Gasteiger partial charge in [0.15, 0.2) is 0 Å². The van der Waals surface area contributed by atoms with E-state index >= 15 is 0 Å². The molecule has 2 N–H and O–H groups in total. The summed E-state index contributed by atoms with van der Waals surface area (Å²) in [5, 5.41) is 20.0. The van der Waals surface area contributed by atoms with Crippen molar-refractivity contribution in [1.29, 1.82) is 5.26 Å². The molecule has 2 unspecified atom stereocenters. The summed E-state index contributed by atoms with van der Waals surface area (Å²) in [6.45, 7) is 9.72. The van der Waals surface area contributed by atoms with Gasteiger partial charge >= 0.3 is 0 Å². The van der Waals surface area contributed by atoms with Crippen molar-refractivity contribution in [1.82, 2.24) is 20.1 Å². The summed E-state index contributed by atoms with van der Waals surface area (Å²) in [5.74, 6) is 0.988. The second kappa shape index (κ2) is 11.1. The van der Waals surface area contributed by atoms with Crippen LogP contribution in [0.5, 0.6) is 5.88 Å². The lowest BCUT2D eigenvalue weighted by atomic mass is 10.00. The highest BCUT2D eigenvalue weighted by molar-refractivity contribution is 5.69. The van der Waals surface area contributed by atoms with Crippen molar-refractivity contribution in [3.05, 3.63) is 72.7 Å². The molecule has 0 saturated carbocycles. The van der Waals surface area contributed by atoms with E-state index < -0.39 is 0 Å². The first kappa shape index (κ1) is 23.0. The zero-order chi connectivity index (χ0) is 22.9. The minimum atomic E-state index is 0.0207. The first-order valence-electron chi connectivity index (χ1n) is 10.7. The number of aryl methyl sites for hydroxylation is 1. The molecule has 3 heterocycles. The van der Waals surface area contributed by atoms with Crippen molar-refractivity contribution >= 4 is 5.69 Å². The fourth-order valence-corrected chi connectivity index (χ4v) is 3.40. The predicted molar refractivity (Wildman–Crippen MR) is 128 cm³/mol. The van der Waals surface area contributed by atoms with E-state index in [1.165, 1.54) is 5.56 Å². The van der Waals surface area contributed by atoms with E-state index in [9.17, 15) is 0 Å². The van der Waals surface area contributed by atoms with E-state index in [0.717, 1.165) is 36.4 Å². The molecule has 3 aromatic rings. The maximum Gasteiger partial charge on any atom is 0.237 e. The third kappa shape index (κ3) is 5.96. The molecule has 1 aliphatic rings. The number of fused-ring (bicyclic) bond motifs is 1. The number of anilines is 1. The average Bonchev–Trinajstić information content (AvgIpc) is 3.25. The van der Waals surface area contributed by atoms with Crippen molar-refractivity contribution in [2.75, 3.05) is 25.0 Å². The molecule has 32 heavy (non-hydrogen) atoms. The largest absolute Gasteiger partial charge is 0.470 e. The molecule has 0 bridgehead atoms. The monoisotopic (exact) mass is 430 g/mol. The van der Waals surface area contributed by atoms with Crippen LogP contribution in [0.2, 0.25) is 0 Å². The molecule has 0 spiro atoms. The van der Waals surface area contributed by atoms with Crippen molar-refractivity contribution in [3.63, 3.8) is 0 Å². The maximum atomic E-state index is 8.91. The molecular formula is C25H30N6O. The van der Waals surface area contributed by atoms with Gasteiger partial charge in [-0.05, 0) is 36.6 Å². The molecule has 7 nitrogen and oxygen atoms in total. The third-order valence-corrected chi connectivity index (χ3v) is 5.12. The number of nitrogens with zero attached hydrogens (tertiary/aromatic N) is 4. The molecule has 0 fully saturated rings. The van der Waals surface area contributed by atoms with Gasteiger partial charge in [0.05, 0.1) is 30.1 Å². The Morgan fingerprint density at radius 3 is 2.75 bits per heavy atom. The molecule has 1 aromatic carbocycles. The predicted octanol–water partition coefficient (Wildman–Crippen LogP) is 4.11. The summed E-state index contributed by atoms with van der Waals surface area (Å²) in [6, 6.07) is 12.0. The van der Waals surface area contributed by atoms with Crippen molar-refractivity contribution in [2.24, 2.45) is 7.05 Å². The first-order valence-corrected chi connectivity index (χ1v) is 10.7. The number of rotatable bonds is 6. The Morgan fingerprint density at radius 1 is 1.34 bits per heavy atom. The summed E-state index contributed by atoms with van der Waals surface area (Å²) in [4.78, 5) is 4.49. The minimum absolute atomic E-state index is 0.0207. The lowest BCUT2D eigenvalue weighted by Crippen LogP contribution is -2.40. The number of ether oxygens (including phenoxy) is 1. The lowest BCUT2D eigenvalue weighted by molar-refractivity contribution is 0.193. The Morgan fingerprint density at radius 2 is 2.09 bits per heavy atom. The second-order valence-electron chi connectivity index (χ2n) is 7.80. The molecule has 2 atom stereocenters. The van der Waals surface area contributed by atoms with Crippen molar-refractivity contribution in [3.8, 4) is 23.1 Å². The molecule has 0 radical (unpaired) electrons. The van der Waals surface area contributed by atoms with Gasteiger partial charge in [0.1, 0.15) is 6.10 Å². The number of hydrogen-bond donors (Lipinski definition) is 2. The number of nitriles is 1. The van der Waals surface area contributed by atoms with E-state index in [0.29, 0.717) is 17.4 Å². The highest BCUT2D eigenvalue weighted by atomic mass is 16.5. The number of benzene rings is 1. The first-order chi connectivity index (χ1) is 15.5. The van der Waals surface area contributed by atoms with Gasteiger partial charge in [-0.25, -0.2) is 4.98 Å². The zero-order valence-electron chi connectivity index (χ0n) is 18.9. The van der Waals surface area contributed by atoms with E-state index in [-0.39, 0.29) is 6.10 Å². The van der Waals surface area contributed by atoms with Crippen LogP contribution in [0.4, 0.5) is 5.69 Å². The smallest absolute Gasteiger partial charge is 0.237 e. The second-order valence-corrected chi connectivity index (χ2v) is 7.80. The normalized spacial score (nSPS) is 15.1. The average molecular weight is 431 g/mol. The van der Waals surface area contributed by atoms with Crippen LogP contribution in [0.3, 0.4) is 0 Å². The summed E-state index contributed by atoms with van der Waals surface area (Å²) < 4.78 is 7.83. The zero-order valence-corrected chi connectivity index (χ0v) is 18.9. The number of aromatic nitrogens is 3. The van der Waals surface area contributed by atoms with E-state index in [1.807, 2.05) is 56.8 Å². The van der Waals surface area contributed by atoms with Crippen molar-refractivity contribution < 1.29 is 4.74 Å². The molecule has 2 aromatic heterocycles. The summed E-state index contributed by atoms with van der Waals surface area (Å²) in [7, 11) is 1.90. The van der Waals surface area contributed by atoms with E-state index in [4.69, 9.17) is 10.00 Å². The van der Waals surface area contributed by atoms with Gasteiger partial charge < -0.3 is 15.4 Å². The van der Waals surface area contributed by atoms with Gasteiger partial charge in [-0.2, -0.15) is 10.4 Å². The minimum Gasteiger partial charge on any atom is -0.470 e. The number of hydrogen-bond acceptors (Lipinski definition) is 6. The van der Waals surface area contributed by atoms with Gasteiger partial charge in [0.2, 0.25) is 5.88 Å². The highest BCUT2D eigenvalue weighted by Crippen LogP contribution is 2.31. The SMILES string of the molecule is C=CC.CC(CNCC1CNc2cc(-c3cnn(C)c3)cnc2O1)c1ccc(C#N)cc1. The van der Waals surface area contributed by atoms with Gasteiger partial charge in [-0.15, -0.1) is 6.58 Å². The number of pyridine rings is 1. The van der Waals surface area contributed by atoms with E-state index in [2.05, 4.69) is 46.4 Å². The molecule has 0 saturated heterocycles. The van der Waals surface area contributed by atoms with Crippen LogP contribution in [0, 0.1) is 11.3 Å². The lowest BCUT2D eigenvalue weighted by Gasteiger charge is -2.27. The topological polar surface area (TPSA) is 87.8 Å². The molecule has 4 rings (SSSR count). The fourth-order valence-electron chi connectivity index (χ4n) is 3.40. The van der Waals surface area contributed by atoms with Crippen molar-refractivity contribution in [2.45, 2.75) is 25.9 Å². The van der Waals surface area contributed by atoms with Crippen LogP contribution in [0.15, 0.2) is 61.6 Å². The Labute approximate surface area is 189 Å². The van der Waals surface area contributed by atoms with Crippen LogP contribution in [0.25, 0.3) is 11.1 Å². The molecule has 0 aliphatic carbocycles.